The van der Waals surface area contributed by atoms with Crippen molar-refractivity contribution in [2.75, 3.05) is 18.5 Å². The van der Waals surface area contributed by atoms with Gasteiger partial charge in [0.25, 0.3) is 0 Å². The van der Waals surface area contributed by atoms with E-state index in [9.17, 15) is 0 Å². The van der Waals surface area contributed by atoms with Gasteiger partial charge >= 0.3 is 6.01 Å². The number of H-pyrrole nitrogens is 1. The van der Waals surface area contributed by atoms with Gasteiger partial charge in [-0.2, -0.15) is 20.1 Å². The second-order valence-corrected chi connectivity index (χ2v) is 4.45. The zero-order valence-electron chi connectivity index (χ0n) is 10.8. The van der Waals surface area contributed by atoms with E-state index in [1.165, 1.54) is 18.1 Å². The van der Waals surface area contributed by atoms with Gasteiger partial charge in [-0.3, -0.25) is 5.10 Å². The van der Waals surface area contributed by atoms with E-state index in [-0.39, 0.29) is 0 Å². The summed E-state index contributed by atoms with van der Waals surface area (Å²) in [6.45, 7) is 5.29. The number of rotatable bonds is 7. The first-order valence-corrected chi connectivity index (χ1v) is 6.79. The van der Waals surface area contributed by atoms with Crippen molar-refractivity contribution >= 4 is 17.7 Å². The Kier molecular flexibility index (Phi) is 4.90. The molecule has 0 spiro atoms. The Bertz CT molecular complexity index is 505. The summed E-state index contributed by atoms with van der Waals surface area (Å²) in [5, 5.41) is 10.7. The molecule has 0 saturated heterocycles. The molecule has 0 saturated carbocycles. The molecule has 0 bridgehead atoms. The van der Waals surface area contributed by atoms with Crippen LogP contribution in [0.3, 0.4) is 0 Å². The zero-order chi connectivity index (χ0) is 13.5. The summed E-state index contributed by atoms with van der Waals surface area (Å²) in [5.41, 5.74) is 0. The predicted octanol–water partition coefficient (Wildman–Crippen LogP) is 1.36. The maximum absolute atomic E-state index is 5.44. The summed E-state index contributed by atoms with van der Waals surface area (Å²) in [7, 11) is 0. The fourth-order valence-electron chi connectivity index (χ4n) is 1.21. The molecule has 0 aliphatic heterocycles. The lowest BCUT2D eigenvalue weighted by molar-refractivity contribution is 0.288. The van der Waals surface area contributed by atoms with E-state index in [0.29, 0.717) is 28.9 Å². The normalized spacial score (nSPS) is 10.4. The van der Waals surface area contributed by atoms with Crippen molar-refractivity contribution in [3.63, 3.8) is 0 Å². The Morgan fingerprint density at radius 3 is 2.89 bits per heavy atom. The van der Waals surface area contributed by atoms with E-state index in [1.54, 1.807) is 0 Å². The molecule has 102 valence electrons. The molecule has 0 aliphatic carbocycles. The van der Waals surface area contributed by atoms with E-state index in [1.807, 2.05) is 13.8 Å². The summed E-state index contributed by atoms with van der Waals surface area (Å²) in [4.78, 5) is 16.7. The Balaban J connectivity index is 2.17. The fourth-order valence-corrected chi connectivity index (χ4v) is 1.84. The van der Waals surface area contributed by atoms with Crippen LogP contribution in [0.25, 0.3) is 0 Å². The highest BCUT2D eigenvalue weighted by Crippen LogP contribution is 2.22. The summed E-state index contributed by atoms with van der Waals surface area (Å²) < 4.78 is 5.44. The van der Waals surface area contributed by atoms with Gasteiger partial charge in [0, 0.05) is 6.54 Å². The molecule has 0 fully saturated rings. The van der Waals surface area contributed by atoms with E-state index in [0.717, 1.165) is 13.0 Å². The number of hydrogen-bond acceptors (Lipinski definition) is 8. The molecular formula is C10H15N7OS. The number of aromatic nitrogens is 6. The molecule has 8 nitrogen and oxygen atoms in total. The Hall–Kier alpha value is -1.90. The van der Waals surface area contributed by atoms with Gasteiger partial charge in [0.2, 0.25) is 11.1 Å². The van der Waals surface area contributed by atoms with Crippen LogP contribution < -0.4 is 10.1 Å². The number of ether oxygens (including phenoxy) is 1. The standard InChI is InChI=1S/C10H15N7OS/c1-3-5-18-8-14-7(11-4-2)15-10(16-8)19-9-12-6-13-17-9/h6H,3-5H2,1-2H3,(H,12,13,17)(H,11,14,15,16). The van der Waals surface area contributed by atoms with Crippen molar-refractivity contribution in [1.29, 1.82) is 0 Å². The van der Waals surface area contributed by atoms with E-state index in [2.05, 4.69) is 35.5 Å². The largest absolute Gasteiger partial charge is 0.463 e. The Labute approximate surface area is 114 Å². The van der Waals surface area contributed by atoms with Gasteiger partial charge in [0.15, 0.2) is 5.16 Å². The summed E-state index contributed by atoms with van der Waals surface area (Å²) in [5.74, 6) is 0.491. The molecule has 2 N–H and O–H groups in total. The lowest BCUT2D eigenvalue weighted by Crippen LogP contribution is -2.07. The third kappa shape index (κ3) is 4.05. The SMILES string of the molecule is CCCOc1nc(NCC)nc(Sc2ncn[nH]2)n1. The lowest BCUT2D eigenvalue weighted by atomic mass is 10.5. The third-order valence-corrected chi connectivity index (χ3v) is 2.70. The highest BCUT2D eigenvalue weighted by molar-refractivity contribution is 7.99. The fraction of sp³-hybridized carbons (Fsp3) is 0.500. The van der Waals surface area contributed by atoms with Crippen LogP contribution in [0.4, 0.5) is 5.95 Å². The second kappa shape index (κ2) is 6.88. The molecule has 0 atom stereocenters. The topological polar surface area (TPSA) is 101 Å². The number of nitrogens with one attached hydrogen (secondary N) is 2. The summed E-state index contributed by atoms with van der Waals surface area (Å²) >= 11 is 1.27. The van der Waals surface area contributed by atoms with Crippen LogP contribution in [0.15, 0.2) is 16.6 Å². The van der Waals surface area contributed by atoms with Gasteiger partial charge in [-0.05, 0) is 25.1 Å². The van der Waals surface area contributed by atoms with Crippen molar-refractivity contribution in [2.24, 2.45) is 0 Å². The number of aromatic amines is 1. The van der Waals surface area contributed by atoms with E-state index >= 15 is 0 Å². The van der Waals surface area contributed by atoms with Crippen LogP contribution in [0.2, 0.25) is 0 Å². The Morgan fingerprint density at radius 2 is 2.21 bits per heavy atom. The van der Waals surface area contributed by atoms with Gasteiger partial charge in [0.1, 0.15) is 6.33 Å². The van der Waals surface area contributed by atoms with Crippen LogP contribution in [-0.2, 0) is 0 Å². The average molecular weight is 281 g/mol. The molecule has 9 heteroatoms. The summed E-state index contributed by atoms with van der Waals surface area (Å²) in [6.07, 6.45) is 2.33. The molecule has 0 radical (unpaired) electrons. The van der Waals surface area contributed by atoms with Crippen LogP contribution in [0.5, 0.6) is 6.01 Å². The predicted molar refractivity (Wildman–Crippen MR) is 70.3 cm³/mol. The average Bonchev–Trinajstić information content (AvgIpc) is 2.89. The number of anilines is 1. The molecular weight excluding hydrogens is 266 g/mol. The van der Waals surface area contributed by atoms with Gasteiger partial charge in [-0.1, -0.05) is 6.92 Å². The van der Waals surface area contributed by atoms with Gasteiger partial charge in [0.05, 0.1) is 6.61 Å². The minimum absolute atomic E-state index is 0.315. The highest BCUT2D eigenvalue weighted by atomic mass is 32.2. The van der Waals surface area contributed by atoms with Gasteiger partial charge in [-0.15, -0.1) is 0 Å². The highest BCUT2D eigenvalue weighted by Gasteiger charge is 2.10. The first kappa shape index (κ1) is 13.5. The molecule has 19 heavy (non-hydrogen) atoms. The van der Waals surface area contributed by atoms with Crippen LogP contribution in [0.1, 0.15) is 20.3 Å². The molecule has 0 unspecified atom stereocenters. The first-order valence-electron chi connectivity index (χ1n) is 5.97. The van der Waals surface area contributed by atoms with Crippen molar-refractivity contribution in [1.82, 2.24) is 30.1 Å². The minimum atomic E-state index is 0.315. The van der Waals surface area contributed by atoms with Crippen molar-refractivity contribution in [2.45, 2.75) is 30.6 Å². The molecule has 2 aromatic heterocycles. The molecule has 2 heterocycles. The zero-order valence-corrected chi connectivity index (χ0v) is 11.6. The van der Waals surface area contributed by atoms with Crippen LogP contribution >= 0.6 is 11.8 Å². The van der Waals surface area contributed by atoms with Crippen molar-refractivity contribution in [3.8, 4) is 6.01 Å². The van der Waals surface area contributed by atoms with E-state index < -0.39 is 0 Å². The van der Waals surface area contributed by atoms with Gasteiger partial charge in [-0.25, -0.2) is 4.98 Å². The summed E-state index contributed by atoms with van der Waals surface area (Å²) in [6, 6.07) is 0.315. The number of hydrogen-bond donors (Lipinski definition) is 2. The number of nitrogens with zero attached hydrogens (tertiary/aromatic N) is 5. The molecule has 2 aromatic rings. The van der Waals surface area contributed by atoms with Crippen molar-refractivity contribution in [3.05, 3.63) is 6.33 Å². The van der Waals surface area contributed by atoms with Crippen LogP contribution in [0, 0.1) is 0 Å². The maximum Gasteiger partial charge on any atom is 0.322 e. The third-order valence-electron chi connectivity index (χ3n) is 1.95. The molecule has 0 amide bonds. The molecule has 0 aliphatic rings. The van der Waals surface area contributed by atoms with Crippen molar-refractivity contribution < 1.29 is 4.74 Å². The minimum Gasteiger partial charge on any atom is -0.463 e. The Morgan fingerprint density at radius 1 is 1.32 bits per heavy atom. The first-order chi connectivity index (χ1) is 9.31. The maximum atomic E-state index is 5.44. The second-order valence-electron chi connectivity index (χ2n) is 3.50. The monoisotopic (exact) mass is 281 g/mol. The quantitative estimate of drug-likeness (QED) is 0.784. The van der Waals surface area contributed by atoms with Crippen LogP contribution in [-0.4, -0.2) is 43.3 Å². The molecule has 2 rings (SSSR count). The smallest absolute Gasteiger partial charge is 0.322 e. The van der Waals surface area contributed by atoms with Gasteiger partial charge < -0.3 is 10.1 Å². The lowest BCUT2D eigenvalue weighted by Gasteiger charge is -2.07. The van der Waals surface area contributed by atoms with E-state index in [4.69, 9.17) is 4.74 Å². The molecule has 0 aromatic carbocycles.